The van der Waals surface area contributed by atoms with Crippen LogP contribution >= 0.6 is 15.9 Å². The third-order valence-corrected chi connectivity index (χ3v) is 4.44. The van der Waals surface area contributed by atoms with Gasteiger partial charge in [0.2, 0.25) is 0 Å². The molecule has 0 bridgehead atoms. The van der Waals surface area contributed by atoms with Crippen LogP contribution < -0.4 is 5.73 Å². The summed E-state index contributed by atoms with van der Waals surface area (Å²) < 4.78 is 7.22. The summed E-state index contributed by atoms with van der Waals surface area (Å²) in [5, 5.41) is 0. The van der Waals surface area contributed by atoms with Crippen LogP contribution in [-0.2, 0) is 4.74 Å². The van der Waals surface area contributed by atoms with Crippen molar-refractivity contribution in [2.24, 2.45) is 11.7 Å². The van der Waals surface area contributed by atoms with Gasteiger partial charge in [0, 0.05) is 10.5 Å². The fraction of sp³-hybridized carbons (Fsp3) is 0.625. The van der Waals surface area contributed by atoms with E-state index in [9.17, 15) is 0 Å². The van der Waals surface area contributed by atoms with Crippen molar-refractivity contribution in [3.8, 4) is 0 Å². The van der Waals surface area contributed by atoms with E-state index in [0.29, 0.717) is 0 Å². The van der Waals surface area contributed by atoms with E-state index in [1.165, 1.54) is 37.7 Å². The number of hydrogen-bond donors (Lipinski definition) is 1. The van der Waals surface area contributed by atoms with Crippen LogP contribution in [0.5, 0.6) is 0 Å². The Bertz CT molecular complexity index is 371. The molecule has 2 rings (SSSR count). The molecular weight excluding hydrogens is 302 g/mol. The van der Waals surface area contributed by atoms with Gasteiger partial charge in [-0.05, 0) is 43.4 Å². The molecule has 0 amide bonds. The molecule has 1 aromatic carbocycles. The Kier molecular flexibility index (Phi) is 5.86. The maximum atomic E-state index is 6.13. The Morgan fingerprint density at radius 3 is 2.42 bits per heavy atom. The lowest BCUT2D eigenvalue weighted by atomic mass is 9.90. The van der Waals surface area contributed by atoms with Gasteiger partial charge in [0.1, 0.15) is 0 Å². The van der Waals surface area contributed by atoms with Crippen LogP contribution in [-0.4, -0.2) is 12.6 Å². The molecule has 1 aliphatic rings. The van der Waals surface area contributed by atoms with Gasteiger partial charge in [0.05, 0.1) is 12.7 Å². The lowest BCUT2D eigenvalue weighted by molar-refractivity contribution is 0.00822. The quantitative estimate of drug-likeness (QED) is 0.868. The van der Waals surface area contributed by atoms with Crippen LogP contribution in [0.3, 0.4) is 0 Å². The number of rotatable bonds is 5. The molecule has 1 saturated carbocycles. The molecule has 3 heteroatoms. The van der Waals surface area contributed by atoms with Gasteiger partial charge in [0.25, 0.3) is 0 Å². The molecule has 2 N–H and O–H groups in total. The fourth-order valence-electron chi connectivity index (χ4n) is 2.80. The van der Waals surface area contributed by atoms with Crippen LogP contribution in [0.15, 0.2) is 28.7 Å². The van der Waals surface area contributed by atoms with Gasteiger partial charge < -0.3 is 10.5 Å². The van der Waals surface area contributed by atoms with Crippen molar-refractivity contribution in [3.63, 3.8) is 0 Å². The molecule has 0 spiro atoms. The Labute approximate surface area is 124 Å². The molecule has 2 unspecified atom stereocenters. The first kappa shape index (κ1) is 15.0. The lowest BCUT2D eigenvalue weighted by Gasteiger charge is -2.27. The topological polar surface area (TPSA) is 35.2 Å². The number of benzene rings is 1. The van der Waals surface area contributed by atoms with Crippen molar-refractivity contribution in [2.75, 3.05) is 6.61 Å². The normalized spacial score (nSPS) is 20.2. The van der Waals surface area contributed by atoms with Crippen LogP contribution in [0.1, 0.15) is 50.7 Å². The number of halogens is 1. The second kappa shape index (κ2) is 7.41. The predicted octanol–water partition coefficient (Wildman–Crippen LogP) is 4.43. The van der Waals surface area contributed by atoms with Crippen molar-refractivity contribution < 1.29 is 4.74 Å². The molecule has 0 aliphatic heterocycles. The van der Waals surface area contributed by atoms with Crippen LogP contribution in [0.4, 0.5) is 0 Å². The van der Waals surface area contributed by atoms with Gasteiger partial charge in [-0.2, -0.15) is 0 Å². The first-order valence-electron chi connectivity index (χ1n) is 7.29. The molecule has 2 atom stereocenters. The highest BCUT2D eigenvalue weighted by Crippen LogP contribution is 2.28. The number of hydrogen-bond acceptors (Lipinski definition) is 2. The second-order valence-electron chi connectivity index (χ2n) is 5.67. The molecule has 1 aromatic rings. The van der Waals surface area contributed by atoms with Gasteiger partial charge in [-0.15, -0.1) is 0 Å². The van der Waals surface area contributed by atoms with E-state index in [1.54, 1.807) is 0 Å². The number of nitrogens with two attached hydrogens (primary N) is 1. The van der Waals surface area contributed by atoms with Gasteiger partial charge in [-0.3, -0.25) is 0 Å². The van der Waals surface area contributed by atoms with Crippen molar-refractivity contribution in [2.45, 2.75) is 51.2 Å². The largest absolute Gasteiger partial charge is 0.372 e. The van der Waals surface area contributed by atoms with Gasteiger partial charge in [0.15, 0.2) is 0 Å². The molecular formula is C16H24BrNO. The van der Waals surface area contributed by atoms with E-state index in [2.05, 4.69) is 40.2 Å². The maximum Gasteiger partial charge on any atom is 0.0973 e. The third kappa shape index (κ3) is 4.59. The Hall–Kier alpha value is -0.380. The van der Waals surface area contributed by atoms with Gasteiger partial charge >= 0.3 is 0 Å². The van der Waals surface area contributed by atoms with Gasteiger partial charge in [-0.25, -0.2) is 0 Å². The standard InChI is InChI=1S/C16H24BrNO/c1-12(18)16(14-7-9-15(17)10-8-14)19-11-13-5-3-2-4-6-13/h7-10,12-13,16H,2-6,11,18H2,1H3. The van der Waals surface area contributed by atoms with E-state index in [-0.39, 0.29) is 12.1 Å². The van der Waals surface area contributed by atoms with Crippen LogP contribution in [0.2, 0.25) is 0 Å². The first-order valence-corrected chi connectivity index (χ1v) is 8.09. The van der Waals surface area contributed by atoms with Crippen LogP contribution in [0, 0.1) is 5.92 Å². The molecule has 1 fully saturated rings. The molecule has 0 heterocycles. The summed E-state index contributed by atoms with van der Waals surface area (Å²) in [5.74, 6) is 0.727. The molecule has 0 saturated heterocycles. The Balaban J connectivity index is 1.94. The van der Waals surface area contributed by atoms with E-state index in [4.69, 9.17) is 10.5 Å². The fourth-order valence-corrected chi connectivity index (χ4v) is 3.06. The Morgan fingerprint density at radius 1 is 1.21 bits per heavy atom. The highest BCUT2D eigenvalue weighted by atomic mass is 79.9. The molecule has 19 heavy (non-hydrogen) atoms. The molecule has 106 valence electrons. The third-order valence-electron chi connectivity index (χ3n) is 3.91. The van der Waals surface area contributed by atoms with Crippen molar-refractivity contribution in [1.29, 1.82) is 0 Å². The summed E-state index contributed by atoms with van der Waals surface area (Å²) in [6.07, 6.45) is 6.73. The zero-order chi connectivity index (χ0) is 13.7. The minimum Gasteiger partial charge on any atom is -0.372 e. The average molecular weight is 326 g/mol. The predicted molar refractivity (Wildman–Crippen MR) is 83.1 cm³/mol. The SMILES string of the molecule is CC(N)C(OCC1CCCCC1)c1ccc(Br)cc1. The smallest absolute Gasteiger partial charge is 0.0973 e. The zero-order valence-corrected chi connectivity index (χ0v) is 13.2. The minimum absolute atomic E-state index is 0.00928. The first-order chi connectivity index (χ1) is 9.16. The van der Waals surface area contributed by atoms with Crippen molar-refractivity contribution in [3.05, 3.63) is 34.3 Å². The van der Waals surface area contributed by atoms with Crippen molar-refractivity contribution >= 4 is 15.9 Å². The van der Waals surface area contributed by atoms with Gasteiger partial charge in [-0.1, -0.05) is 47.3 Å². The highest BCUT2D eigenvalue weighted by Gasteiger charge is 2.20. The van der Waals surface area contributed by atoms with E-state index in [1.807, 2.05) is 6.92 Å². The molecule has 0 aromatic heterocycles. The minimum atomic E-state index is 0.00928. The van der Waals surface area contributed by atoms with Crippen LogP contribution in [0.25, 0.3) is 0 Å². The second-order valence-corrected chi connectivity index (χ2v) is 6.58. The monoisotopic (exact) mass is 325 g/mol. The summed E-state index contributed by atoms with van der Waals surface area (Å²) in [7, 11) is 0. The van der Waals surface area contributed by atoms with E-state index in [0.717, 1.165) is 17.0 Å². The summed E-state index contributed by atoms with van der Waals surface area (Å²) in [6, 6.07) is 8.31. The molecule has 1 aliphatic carbocycles. The summed E-state index contributed by atoms with van der Waals surface area (Å²) >= 11 is 3.46. The maximum absolute atomic E-state index is 6.13. The summed E-state index contributed by atoms with van der Waals surface area (Å²) in [4.78, 5) is 0. The highest BCUT2D eigenvalue weighted by molar-refractivity contribution is 9.10. The van der Waals surface area contributed by atoms with Crippen molar-refractivity contribution in [1.82, 2.24) is 0 Å². The summed E-state index contributed by atoms with van der Waals surface area (Å²) in [6.45, 7) is 2.87. The average Bonchev–Trinajstić information content (AvgIpc) is 2.42. The number of ether oxygens (including phenoxy) is 1. The molecule has 2 nitrogen and oxygen atoms in total. The lowest BCUT2D eigenvalue weighted by Crippen LogP contribution is -2.29. The zero-order valence-electron chi connectivity index (χ0n) is 11.6. The van der Waals surface area contributed by atoms with E-state index >= 15 is 0 Å². The Morgan fingerprint density at radius 2 is 1.84 bits per heavy atom. The van der Waals surface area contributed by atoms with E-state index < -0.39 is 0 Å². The summed E-state index contributed by atoms with van der Waals surface area (Å²) in [5.41, 5.74) is 7.26. The molecule has 0 radical (unpaired) electrons.